The van der Waals surface area contributed by atoms with Crippen LogP contribution in [0, 0.1) is 0 Å². The highest BCUT2D eigenvalue weighted by atomic mass is 28.2. The summed E-state index contributed by atoms with van der Waals surface area (Å²) in [7, 11) is -0.0819. The maximum absolute atomic E-state index is 3.76. The monoisotopic (exact) mass is 231 g/mol. The van der Waals surface area contributed by atoms with Gasteiger partial charge in [-0.15, -0.1) is 0 Å². The van der Waals surface area contributed by atoms with E-state index in [4.69, 9.17) is 0 Å². The van der Waals surface area contributed by atoms with Crippen molar-refractivity contribution in [1.82, 2.24) is 14.8 Å². The molecule has 0 radical (unpaired) electrons. The quantitative estimate of drug-likeness (QED) is 0.473. The Bertz CT molecular complexity index is 124. The van der Waals surface area contributed by atoms with Crippen LogP contribution in [-0.4, -0.2) is 51.9 Å². The van der Waals surface area contributed by atoms with Crippen LogP contribution in [0.25, 0.3) is 0 Å². The minimum Gasteiger partial charge on any atom is -0.316 e. The number of hydrogen-bond donors (Lipinski definition) is 1. The van der Waals surface area contributed by atoms with Gasteiger partial charge in [-0.05, 0) is 26.2 Å². The van der Waals surface area contributed by atoms with Crippen molar-refractivity contribution < 1.29 is 0 Å². The standard InChI is InChI=1S/C11H29N3Si/c1-6-13(7-2)11(12-15-10-5)14(8-3)9-4/h11-12H,6-10,15H2,1-5H3. The van der Waals surface area contributed by atoms with Gasteiger partial charge in [0.15, 0.2) is 0 Å². The number of nitrogens with one attached hydrogen (secondary N) is 1. The zero-order chi connectivity index (χ0) is 11.7. The lowest BCUT2D eigenvalue weighted by Gasteiger charge is -2.38. The first kappa shape index (κ1) is 15.1. The Balaban J connectivity index is 4.38. The minimum absolute atomic E-state index is 0.0819. The largest absolute Gasteiger partial charge is 0.316 e. The van der Waals surface area contributed by atoms with E-state index in [0.717, 1.165) is 26.2 Å². The summed E-state index contributed by atoms with van der Waals surface area (Å²) in [5.74, 6) is 0. The second-order valence-electron chi connectivity index (χ2n) is 3.77. The highest BCUT2D eigenvalue weighted by molar-refractivity contribution is 6.31. The van der Waals surface area contributed by atoms with Gasteiger partial charge < -0.3 is 4.98 Å². The van der Waals surface area contributed by atoms with Crippen molar-refractivity contribution in [3.8, 4) is 0 Å². The molecule has 0 spiro atoms. The molecule has 0 atom stereocenters. The third kappa shape index (κ3) is 5.11. The van der Waals surface area contributed by atoms with E-state index < -0.39 is 0 Å². The average Bonchev–Trinajstić information content (AvgIpc) is 2.28. The van der Waals surface area contributed by atoms with E-state index in [1.54, 1.807) is 0 Å². The Morgan fingerprint density at radius 3 is 1.53 bits per heavy atom. The zero-order valence-corrected chi connectivity index (χ0v) is 12.6. The molecule has 3 nitrogen and oxygen atoms in total. The van der Waals surface area contributed by atoms with Gasteiger partial charge in [0.25, 0.3) is 0 Å². The topological polar surface area (TPSA) is 18.5 Å². The van der Waals surface area contributed by atoms with Gasteiger partial charge >= 0.3 is 0 Å². The first-order valence-corrected chi connectivity index (χ1v) is 8.17. The smallest absolute Gasteiger partial charge is 0.110 e. The van der Waals surface area contributed by atoms with Gasteiger partial charge in [-0.3, -0.25) is 9.80 Å². The Hall–Kier alpha value is 0.0969. The van der Waals surface area contributed by atoms with E-state index >= 15 is 0 Å². The van der Waals surface area contributed by atoms with Crippen molar-refractivity contribution in [3.63, 3.8) is 0 Å². The maximum Gasteiger partial charge on any atom is 0.110 e. The molecule has 0 heterocycles. The molecule has 0 aliphatic heterocycles. The number of hydrogen-bond acceptors (Lipinski definition) is 3. The SMILES string of the molecule is CC[SiH2]NC(N(CC)CC)N(CC)CC. The molecule has 0 amide bonds. The third-order valence-corrected chi connectivity index (χ3v) is 4.05. The van der Waals surface area contributed by atoms with Crippen molar-refractivity contribution >= 4 is 9.68 Å². The van der Waals surface area contributed by atoms with E-state index in [2.05, 4.69) is 49.4 Å². The lowest BCUT2D eigenvalue weighted by molar-refractivity contribution is 0.0479. The van der Waals surface area contributed by atoms with Crippen LogP contribution in [-0.2, 0) is 0 Å². The van der Waals surface area contributed by atoms with Crippen LogP contribution in [0.1, 0.15) is 34.6 Å². The van der Waals surface area contributed by atoms with E-state index in [1.807, 2.05) is 0 Å². The fourth-order valence-corrected chi connectivity index (χ4v) is 2.96. The molecule has 0 aliphatic carbocycles. The fourth-order valence-electron chi connectivity index (χ4n) is 1.90. The molecule has 15 heavy (non-hydrogen) atoms. The molecule has 0 aliphatic rings. The Kier molecular flexibility index (Phi) is 9.39. The summed E-state index contributed by atoms with van der Waals surface area (Å²) in [5, 5.41) is 0. The van der Waals surface area contributed by atoms with Crippen LogP contribution < -0.4 is 4.98 Å². The predicted octanol–water partition coefficient (Wildman–Crippen LogP) is 1.07. The van der Waals surface area contributed by atoms with E-state index in [1.165, 1.54) is 6.04 Å². The molecular weight excluding hydrogens is 202 g/mol. The minimum atomic E-state index is -0.0819. The maximum atomic E-state index is 3.76. The lowest BCUT2D eigenvalue weighted by Crippen LogP contribution is -2.57. The molecular formula is C11H29N3Si. The van der Waals surface area contributed by atoms with Crippen LogP contribution in [0.15, 0.2) is 0 Å². The highest BCUT2D eigenvalue weighted by Gasteiger charge is 2.19. The summed E-state index contributed by atoms with van der Waals surface area (Å²) in [6, 6.07) is 1.33. The van der Waals surface area contributed by atoms with Crippen LogP contribution in [0.2, 0.25) is 6.04 Å². The highest BCUT2D eigenvalue weighted by Crippen LogP contribution is 2.02. The second-order valence-corrected chi connectivity index (χ2v) is 5.68. The summed E-state index contributed by atoms with van der Waals surface area (Å²) in [4.78, 5) is 8.78. The Morgan fingerprint density at radius 1 is 0.867 bits per heavy atom. The van der Waals surface area contributed by atoms with E-state index in [9.17, 15) is 0 Å². The van der Waals surface area contributed by atoms with Crippen LogP contribution >= 0.6 is 0 Å². The predicted molar refractivity (Wildman–Crippen MR) is 71.8 cm³/mol. The number of rotatable bonds is 9. The van der Waals surface area contributed by atoms with Crippen LogP contribution in [0.3, 0.4) is 0 Å². The molecule has 4 heteroatoms. The first-order valence-electron chi connectivity index (χ1n) is 6.46. The van der Waals surface area contributed by atoms with Gasteiger partial charge in [0.05, 0.1) is 9.68 Å². The van der Waals surface area contributed by atoms with Crippen LogP contribution in [0.5, 0.6) is 0 Å². The molecule has 0 bridgehead atoms. The van der Waals surface area contributed by atoms with Crippen molar-refractivity contribution in [3.05, 3.63) is 0 Å². The second kappa shape index (κ2) is 9.33. The molecule has 0 rings (SSSR count). The molecule has 0 aromatic rings. The van der Waals surface area contributed by atoms with Crippen molar-refractivity contribution in [2.24, 2.45) is 0 Å². The molecule has 0 saturated carbocycles. The average molecular weight is 231 g/mol. The normalized spacial score (nSPS) is 12.8. The van der Waals surface area contributed by atoms with Gasteiger partial charge in [0.1, 0.15) is 6.29 Å². The van der Waals surface area contributed by atoms with Gasteiger partial charge in [0.2, 0.25) is 0 Å². The van der Waals surface area contributed by atoms with Gasteiger partial charge in [-0.2, -0.15) is 0 Å². The molecule has 0 unspecified atom stereocenters. The molecule has 0 aromatic carbocycles. The summed E-state index contributed by atoms with van der Waals surface area (Å²) in [5.41, 5.74) is 0. The van der Waals surface area contributed by atoms with Crippen molar-refractivity contribution in [1.29, 1.82) is 0 Å². The molecule has 1 N–H and O–H groups in total. The summed E-state index contributed by atoms with van der Waals surface area (Å²) in [6.45, 7) is 15.8. The summed E-state index contributed by atoms with van der Waals surface area (Å²) < 4.78 is 0. The Morgan fingerprint density at radius 2 is 1.27 bits per heavy atom. The molecule has 0 saturated heterocycles. The lowest BCUT2D eigenvalue weighted by atomic mass is 10.4. The van der Waals surface area contributed by atoms with Gasteiger partial charge in [-0.25, -0.2) is 0 Å². The van der Waals surface area contributed by atoms with E-state index in [-0.39, 0.29) is 9.68 Å². The van der Waals surface area contributed by atoms with E-state index in [0.29, 0.717) is 6.29 Å². The zero-order valence-electron chi connectivity index (χ0n) is 11.2. The Labute approximate surface area is 98.1 Å². The summed E-state index contributed by atoms with van der Waals surface area (Å²) in [6.07, 6.45) is 0.474. The molecule has 92 valence electrons. The van der Waals surface area contributed by atoms with Crippen LogP contribution in [0.4, 0.5) is 0 Å². The van der Waals surface area contributed by atoms with Gasteiger partial charge in [0, 0.05) is 0 Å². The third-order valence-electron chi connectivity index (χ3n) is 2.89. The van der Waals surface area contributed by atoms with Crippen molar-refractivity contribution in [2.75, 3.05) is 26.2 Å². The molecule has 0 aromatic heterocycles. The van der Waals surface area contributed by atoms with Crippen molar-refractivity contribution in [2.45, 2.75) is 47.0 Å². The fraction of sp³-hybridized carbons (Fsp3) is 1.00. The first-order chi connectivity index (χ1) is 7.24. The number of nitrogens with zero attached hydrogens (tertiary/aromatic N) is 2. The van der Waals surface area contributed by atoms with Gasteiger partial charge in [-0.1, -0.05) is 40.7 Å². The molecule has 0 fully saturated rings. The summed E-state index contributed by atoms with van der Waals surface area (Å²) >= 11 is 0.